The van der Waals surface area contributed by atoms with Gasteiger partial charge in [-0.15, -0.1) is 5.11 Å². The number of amides is 2. The fraction of sp³-hybridized carbons (Fsp3) is 0.385. The van der Waals surface area contributed by atoms with Crippen LogP contribution in [0.25, 0.3) is 11.4 Å². The maximum Gasteiger partial charge on any atom is 0.275 e. The zero-order valence-corrected chi connectivity index (χ0v) is 20.4. The molecule has 0 spiro atoms. The molecule has 0 radical (unpaired) electrons. The molecule has 2 amide bonds. The van der Waals surface area contributed by atoms with Gasteiger partial charge < -0.3 is 14.2 Å². The van der Waals surface area contributed by atoms with Crippen molar-refractivity contribution in [1.29, 1.82) is 0 Å². The number of ether oxygens (including phenoxy) is 1. The van der Waals surface area contributed by atoms with Crippen LogP contribution in [0.3, 0.4) is 0 Å². The highest BCUT2D eigenvalue weighted by atomic mass is 16.5. The lowest BCUT2D eigenvalue weighted by Gasteiger charge is -2.25. The number of carbonyl (C=O) groups excluding carboxylic acids is 2. The molecule has 186 valence electrons. The summed E-state index contributed by atoms with van der Waals surface area (Å²) in [6, 6.07) is 5.87. The van der Waals surface area contributed by atoms with Crippen molar-refractivity contribution in [1.82, 2.24) is 19.9 Å². The number of hydrogen-bond donors (Lipinski definition) is 0. The number of azo groups is 1. The van der Waals surface area contributed by atoms with E-state index in [2.05, 4.69) is 25.3 Å². The summed E-state index contributed by atoms with van der Waals surface area (Å²) in [6.45, 7) is 2.45. The molecule has 0 N–H and O–H groups in total. The van der Waals surface area contributed by atoms with Crippen molar-refractivity contribution in [2.24, 2.45) is 16.1 Å². The SMILES string of the molecule is CN(CCN(C)C(=O)CCc1nc(-c2ccc3c(c2)CCO3)no1)CC1=C2C=CC=CC2C(=O)N=N1. The Kier molecular flexibility index (Phi) is 6.86. The van der Waals surface area contributed by atoms with Crippen molar-refractivity contribution in [2.75, 3.05) is 40.3 Å². The van der Waals surface area contributed by atoms with Crippen molar-refractivity contribution in [3.8, 4) is 17.1 Å². The molecular weight excluding hydrogens is 460 g/mol. The average molecular weight is 489 g/mol. The van der Waals surface area contributed by atoms with Gasteiger partial charge in [-0.25, -0.2) is 0 Å². The maximum absolute atomic E-state index is 12.7. The predicted octanol–water partition coefficient (Wildman–Crippen LogP) is 2.98. The zero-order chi connectivity index (χ0) is 25.1. The van der Waals surface area contributed by atoms with E-state index in [0.29, 0.717) is 44.4 Å². The standard InChI is InChI=1S/C26H28N6O4/c1-31(16-21-19-5-3-4-6-20(19)26(34)29-28-21)12-13-32(2)24(33)10-9-23-27-25(30-36-23)18-7-8-22-17(15-18)11-14-35-22/h3-8,15,20H,9-14,16H2,1-2H3. The highest BCUT2D eigenvalue weighted by Crippen LogP contribution is 2.30. The van der Waals surface area contributed by atoms with Gasteiger partial charge in [0.2, 0.25) is 17.6 Å². The summed E-state index contributed by atoms with van der Waals surface area (Å²) in [4.78, 5) is 32.8. The number of allylic oxidation sites excluding steroid dienone is 3. The first-order valence-corrected chi connectivity index (χ1v) is 12.0. The van der Waals surface area contributed by atoms with E-state index < -0.39 is 0 Å². The molecule has 0 saturated carbocycles. The Bertz CT molecular complexity index is 1290. The summed E-state index contributed by atoms with van der Waals surface area (Å²) < 4.78 is 10.9. The van der Waals surface area contributed by atoms with E-state index >= 15 is 0 Å². The molecule has 1 aliphatic carbocycles. The average Bonchev–Trinajstić information content (AvgIpc) is 3.57. The highest BCUT2D eigenvalue weighted by Gasteiger charge is 2.27. The fourth-order valence-corrected chi connectivity index (χ4v) is 4.37. The van der Waals surface area contributed by atoms with E-state index in [-0.39, 0.29) is 24.2 Å². The molecule has 1 aromatic heterocycles. The Hall–Kier alpha value is -3.92. The number of aromatic nitrogens is 2. The molecule has 3 aliphatic rings. The fourth-order valence-electron chi connectivity index (χ4n) is 4.37. The number of benzene rings is 1. The van der Waals surface area contributed by atoms with E-state index in [9.17, 15) is 9.59 Å². The van der Waals surface area contributed by atoms with Gasteiger partial charge in [0.25, 0.3) is 5.91 Å². The van der Waals surface area contributed by atoms with Crippen molar-refractivity contribution in [3.05, 3.63) is 65.2 Å². The van der Waals surface area contributed by atoms with Crippen LogP contribution in [0.15, 0.2) is 68.5 Å². The predicted molar refractivity (Wildman–Crippen MR) is 131 cm³/mol. The first-order chi connectivity index (χ1) is 17.5. The Morgan fingerprint density at radius 3 is 2.94 bits per heavy atom. The highest BCUT2D eigenvalue weighted by molar-refractivity contribution is 5.86. The van der Waals surface area contributed by atoms with Crippen molar-refractivity contribution in [3.63, 3.8) is 0 Å². The lowest BCUT2D eigenvalue weighted by Crippen LogP contribution is -2.36. The van der Waals surface area contributed by atoms with Crippen LogP contribution < -0.4 is 4.74 Å². The van der Waals surface area contributed by atoms with Crippen LogP contribution in [0.1, 0.15) is 17.9 Å². The van der Waals surface area contributed by atoms with Gasteiger partial charge in [-0.3, -0.25) is 14.5 Å². The second-order valence-electron chi connectivity index (χ2n) is 9.15. The van der Waals surface area contributed by atoms with Gasteiger partial charge in [-0.1, -0.05) is 29.5 Å². The van der Waals surface area contributed by atoms with Crippen molar-refractivity contribution in [2.45, 2.75) is 19.3 Å². The molecule has 0 saturated heterocycles. The third-order valence-corrected chi connectivity index (χ3v) is 6.53. The maximum atomic E-state index is 12.7. The number of likely N-dealkylation sites (N-methyl/N-ethyl adjacent to an activating group) is 2. The third-order valence-electron chi connectivity index (χ3n) is 6.53. The lowest BCUT2D eigenvalue weighted by molar-refractivity contribution is -0.130. The van der Waals surface area contributed by atoms with Gasteiger partial charge in [0.1, 0.15) is 5.75 Å². The molecule has 36 heavy (non-hydrogen) atoms. The second-order valence-corrected chi connectivity index (χ2v) is 9.15. The topological polar surface area (TPSA) is 113 Å². The van der Waals surface area contributed by atoms with E-state index in [0.717, 1.165) is 34.6 Å². The van der Waals surface area contributed by atoms with E-state index in [4.69, 9.17) is 9.26 Å². The van der Waals surface area contributed by atoms with Crippen LogP contribution in [-0.4, -0.2) is 72.1 Å². The number of hydrogen-bond acceptors (Lipinski definition) is 8. The van der Waals surface area contributed by atoms with Crippen LogP contribution in [0.5, 0.6) is 5.75 Å². The quantitative estimate of drug-likeness (QED) is 0.533. The molecule has 10 heteroatoms. The van der Waals surface area contributed by atoms with Crippen molar-refractivity contribution >= 4 is 11.8 Å². The van der Waals surface area contributed by atoms with Crippen LogP contribution >= 0.6 is 0 Å². The molecule has 1 unspecified atom stereocenters. The zero-order valence-electron chi connectivity index (χ0n) is 20.4. The molecule has 1 aromatic carbocycles. The molecule has 1 atom stereocenters. The molecule has 10 nitrogen and oxygen atoms in total. The number of carbonyl (C=O) groups is 2. The number of aryl methyl sites for hydroxylation is 1. The molecular formula is C26H28N6O4. The summed E-state index contributed by atoms with van der Waals surface area (Å²) in [6.07, 6.45) is 9.06. The van der Waals surface area contributed by atoms with Crippen LogP contribution in [-0.2, 0) is 22.4 Å². The Labute approximate surface area is 209 Å². The lowest BCUT2D eigenvalue weighted by atomic mass is 9.91. The minimum Gasteiger partial charge on any atom is -0.493 e. The largest absolute Gasteiger partial charge is 0.493 e. The van der Waals surface area contributed by atoms with Crippen molar-refractivity contribution < 1.29 is 18.8 Å². The van der Waals surface area contributed by atoms with Gasteiger partial charge in [-0.05, 0) is 36.4 Å². The second kappa shape index (κ2) is 10.4. The Morgan fingerprint density at radius 2 is 2.06 bits per heavy atom. The Balaban J connectivity index is 1.09. The van der Waals surface area contributed by atoms with Gasteiger partial charge in [0.15, 0.2) is 0 Å². The number of rotatable bonds is 9. The Morgan fingerprint density at radius 1 is 1.17 bits per heavy atom. The summed E-state index contributed by atoms with van der Waals surface area (Å²) in [5, 5.41) is 12.0. The van der Waals surface area contributed by atoms with Gasteiger partial charge in [-0.2, -0.15) is 10.1 Å². The summed E-state index contributed by atoms with van der Waals surface area (Å²) in [7, 11) is 3.74. The first kappa shape index (κ1) is 23.8. The van der Waals surface area contributed by atoms with E-state index in [1.807, 2.05) is 49.6 Å². The molecule has 0 bridgehead atoms. The molecule has 2 aromatic rings. The first-order valence-electron chi connectivity index (χ1n) is 12.0. The van der Waals surface area contributed by atoms with Crippen LogP contribution in [0, 0.1) is 5.92 Å². The smallest absolute Gasteiger partial charge is 0.275 e. The number of nitrogens with zero attached hydrogens (tertiary/aromatic N) is 6. The minimum atomic E-state index is -0.345. The van der Waals surface area contributed by atoms with Gasteiger partial charge in [0.05, 0.1) is 18.2 Å². The monoisotopic (exact) mass is 488 g/mol. The normalized spacial score (nSPS) is 18.0. The summed E-state index contributed by atoms with van der Waals surface area (Å²) in [5.74, 6) is 1.28. The molecule has 0 fully saturated rings. The number of fused-ring (bicyclic) bond motifs is 2. The molecule has 5 rings (SSSR count). The molecule has 2 aliphatic heterocycles. The van der Waals surface area contributed by atoms with Gasteiger partial charge >= 0.3 is 0 Å². The molecule has 3 heterocycles. The minimum absolute atomic E-state index is 0.00298. The van der Waals surface area contributed by atoms with Crippen LogP contribution in [0.2, 0.25) is 0 Å². The van der Waals surface area contributed by atoms with Gasteiger partial charge in [0, 0.05) is 51.5 Å². The third kappa shape index (κ3) is 5.18. The summed E-state index contributed by atoms with van der Waals surface area (Å²) >= 11 is 0. The summed E-state index contributed by atoms with van der Waals surface area (Å²) in [5.41, 5.74) is 3.69. The van der Waals surface area contributed by atoms with Crippen LogP contribution in [0.4, 0.5) is 0 Å². The van der Waals surface area contributed by atoms with E-state index in [1.165, 1.54) is 0 Å². The van der Waals surface area contributed by atoms with E-state index in [1.54, 1.807) is 11.9 Å².